The number of carbonyl (C=O) groups is 1. The average molecular weight is 447 g/mol. The number of hydrogen-bond acceptors (Lipinski definition) is 6. The fraction of sp³-hybridized carbons (Fsp3) is 0.391. The summed E-state index contributed by atoms with van der Waals surface area (Å²) in [6.45, 7) is 2.25. The minimum absolute atomic E-state index is 0.0928. The van der Waals surface area contributed by atoms with E-state index in [0.717, 1.165) is 25.0 Å². The number of benzene rings is 1. The minimum atomic E-state index is -4.73. The third-order valence-corrected chi connectivity index (χ3v) is 5.79. The van der Waals surface area contributed by atoms with Crippen molar-refractivity contribution in [3.05, 3.63) is 65.5 Å². The highest BCUT2D eigenvalue weighted by Crippen LogP contribution is 2.43. The molecule has 1 N–H and O–H groups in total. The molecule has 1 spiro atoms. The maximum Gasteiger partial charge on any atom is 0.573 e. The lowest BCUT2D eigenvalue weighted by molar-refractivity contribution is -0.274. The average Bonchev–Trinajstić information content (AvgIpc) is 3.00. The molecule has 2 unspecified atom stereocenters. The van der Waals surface area contributed by atoms with Crippen LogP contribution in [-0.4, -0.2) is 41.7 Å². The first-order chi connectivity index (χ1) is 15.2. The van der Waals surface area contributed by atoms with E-state index in [1.807, 2.05) is 13.1 Å². The Morgan fingerprint density at radius 1 is 1.22 bits per heavy atom. The number of nitrogens with one attached hydrogen (secondary N) is 1. The molecule has 1 aliphatic carbocycles. The van der Waals surface area contributed by atoms with Crippen molar-refractivity contribution in [2.45, 2.75) is 50.9 Å². The Labute approximate surface area is 184 Å². The quantitative estimate of drug-likeness (QED) is 0.708. The summed E-state index contributed by atoms with van der Waals surface area (Å²) in [5.74, 6) is -0.101. The normalized spacial score (nSPS) is 24.7. The number of likely N-dealkylation sites (N-methyl/N-ethyl adjacent to an activating group) is 1. The van der Waals surface area contributed by atoms with Gasteiger partial charge in [-0.05, 0) is 43.3 Å². The zero-order valence-corrected chi connectivity index (χ0v) is 17.8. The van der Waals surface area contributed by atoms with Gasteiger partial charge in [0.25, 0.3) is 0 Å². The fourth-order valence-electron chi connectivity index (χ4n) is 4.17. The summed E-state index contributed by atoms with van der Waals surface area (Å²) >= 11 is 0. The second kappa shape index (κ2) is 8.46. The van der Waals surface area contributed by atoms with Gasteiger partial charge in [-0.2, -0.15) is 0 Å². The van der Waals surface area contributed by atoms with E-state index in [2.05, 4.69) is 26.9 Å². The second-order valence-electron chi connectivity index (χ2n) is 7.93. The van der Waals surface area contributed by atoms with E-state index >= 15 is 0 Å². The van der Waals surface area contributed by atoms with Gasteiger partial charge in [-0.25, -0.2) is 4.99 Å². The molecule has 2 aliphatic heterocycles. The zero-order valence-electron chi connectivity index (χ0n) is 17.8. The number of hydrogen-bond donors (Lipinski definition) is 1. The van der Waals surface area contributed by atoms with Gasteiger partial charge in [-0.3, -0.25) is 9.69 Å². The number of halogens is 3. The standard InChI is InChI=1S/C23H24F3N3O3/c1-3-4-5-20-27-18-12-16(30)13-19-22(18,29(20)2)11-10-21(28-19)31-14-15-6-8-17(9-7-15)32-23(24,25)26/h6-13,20,27H,3-5,14H2,1-2H3. The molecule has 0 amide bonds. The highest BCUT2D eigenvalue weighted by molar-refractivity contribution is 6.04. The third kappa shape index (κ3) is 4.29. The number of dihydropyridines is 1. The Morgan fingerprint density at radius 2 is 1.97 bits per heavy atom. The Hall–Kier alpha value is -3.07. The highest BCUT2D eigenvalue weighted by atomic mass is 19.4. The van der Waals surface area contributed by atoms with Crippen molar-refractivity contribution in [3.63, 3.8) is 0 Å². The molecule has 2 atom stereocenters. The number of allylic oxidation sites excluding steroid dienone is 2. The molecular formula is C23H24F3N3O3. The van der Waals surface area contributed by atoms with Crippen molar-refractivity contribution in [2.75, 3.05) is 7.05 Å². The first-order valence-corrected chi connectivity index (χ1v) is 10.4. The molecule has 0 aromatic heterocycles. The summed E-state index contributed by atoms with van der Waals surface area (Å²) in [6.07, 6.45) is 5.31. The van der Waals surface area contributed by atoms with Gasteiger partial charge < -0.3 is 14.8 Å². The van der Waals surface area contributed by atoms with E-state index in [4.69, 9.17) is 4.74 Å². The van der Waals surface area contributed by atoms with Crippen molar-refractivity contribution in [1.29, 1.82) is 0 Å². The summed E-state index contributed by atoms with van der Waals surface area (Å²) < 4.78 is 46.5. The Kier molecular flexibility index (Phi) is 5.85. The molecule has 1 saturated heterocycles. The van der Waals surface area contributed by atoms with Crippen LogP contribution in [0.5, 0.6) is 5.75 Å². The van der Waals surface area contributed by atoms with Gasteiger partial charge in [0.15, 0.2) is 5.78 Å². The first-order valence-electron chi connectivity index (χ1n) is 10.4. The molecule has 0 saturated carbocycles. The molecule has 6 nitrogen and oxygen atoms in total. The van der Waals surface area contributed by atoms with E-state index in [1.165, 1.54) is 30.3 Å². The van der Waals surface area contributed by atoms with Gasteiger partial charge in [-0.1, -0.05) is 31.9 Å². The van der Waals surface area contributed by atoms with E-state index in [9.17, 15) is 18.0 Å². The molecule has 1 aromatic rings. The highest BCUT2D eigenvalue weighted by Gasteiger charge is 2.52. The molecular weight excluding hydrogens is 423 g/mol. The maximum atomic E-state index is 12.3. The van der Waals surface area contributed by atoms with Crippen molar-refractivity contribution in [2.24, 2.45) is 4.99 Å². The summed E-state index contributed by atoms with van der Waals surface area (Å²) in [6, 6.07) is 5.45. The predicted molar refractivity (Wildman–Crippen MR) is 113 cm³/mol. The largest absolute Gasteiger partial charge is 0.573 e. The van der Waals surface area contributed by atoms with Crippen LogP contribution >= 0.6 is 0 Å². The summed E-state index contributed by atoms with van der Waals surface area (Å²) in [4.78, 5) is 19.0. The van der Waals surface area contributed by atoms with Crippen LogP contribution in [0.25, 0.3) is 0 Å². The number of alkyl halides is 3. The predicted octanol–water partition coefficient (Wildman–Crippen LogP) is 4.21. The molecule has 4 rings (SSSR count). The third-order valence-electron chi connectivity index (χ3n) is 5.79. The monoisotopic (exact) mass is 447 g/mol. The molecule has 9 heteroatoms. The number of nitrogens with zero attached hydrogens (tertiary/aromatic N) is 2. The van der Waals surface area contributed by atoms with Crippen molar-refractivity contribution in [3.8, 4) is 5.75 Å². The molecule has 170 valence electrons. The fourth-order valence-corrected chi connectivity index (χ4v) is 4.17. The summed E-state index contributed by atoms with van der Waals surface area (Å²) in [7, 11) is 2.01. The van der Waals surface area contributed by atoms with Crippen molar-refractivity contribution >= 4 is 11.7 Å². The SMILES string of the molecule is CCCCC1NC2=CC(=O)C=C3N=C(OCc4ccc(OC(F)(F)F)cc4)C=CC32N1C. The number of rotatable bonds is 6. The molecule has 0 radical (unpaired) electrons. The van der Waals surface area contributed by atoms with Gasteiger partial charge in [0.2, 0.25) is 5.90 Å². The van der Waals surface area contributed by atoms with Crippen LogP contribution in [-0.2, 0) is 16.1 Å². The van der Waals surface area contributed by atoms with Crippen LogP contribution in [0.1, 0.15) is 31.7 Å². The molecule has 1 aromatic carbocycles. The van der Waals surface area contributed by atoms with Crippen molar-refractivity contribution in [1.82, 2.24) is 10.2 Å². The zero-order chi connectivity index (χ0) is 22.9. The van der Waals surface area contributed by atoms with Crippen LogP contribution in [0.3, 0.4) is 0 Å². The minimum Gasteiger partial charge on any atom is -0.473 e. The van der Waals surface area contributed by atoms with E-state index in [0.29, 0.717) is 17.2 Å². The van der Waals surface area contributed by atoms with Crippen LogP contribution in [0.15, 0.2) is 65.0 Å². The van der Waals surface area contributed by atoms with E-state index < -0.39 is 11.9 Å². The molecule has 2 heterocycles. The van der Waals surface area contributed by atoms with Gasteiger partial charge in [0, 0.05) is 17.8 Å². The topological polar surface area (TPSA) is 63.2 Å². The number of ketones is 1. The van der Waals surface area contributed by atoms with Gasteiger partial charge in [-0.15, -0.1) is 13.2 Å². The first kappa shape index (κ1) is 22.1. The summed E-state index contributed by atoms with van der Waals surface area (Å²) in [5.41, 5.74) is 1.42. The Bertz CT molecular complexity index is 1010. The Morgan fingerprint density at radius 3 is 2.66 bits per heavy atom. The van der Waals surface area contributed by atoms with Crippen LogP contribution in [0, 0.1) is 0 Å². The molecule has 32 heavy (non-hydrogen) atoms. The smallest absolute Gasteiger partial charge is 0.473 e. The van der Waals surface area contributed by atoms with E-state index in [1.54, 1.807) is 12.2 Å². The van der Waals surface area contributed by atoms with Gasteiger partial charge in [0.1, 0.15) is 17.9 Å². The lowest BCUT2D eigenvalue weighted by Crippen LogP contribution is -2.48. The van der Waals surface area contributed by atoms with Gasteiger partial charge in [0.05, 0.1) is 11.9 Å². The lowest BCUT2D eigenvalue weighted by Gasteiger charge is -2.38. The van der Waals surface area contributed by atoms with Crippen LogP contribution in [0.2, 0.25) is 0 Å². The van der Waals surface area contributed by atoms with Crippen LogP contribution in [0.4, 0.5) is 13.2 Å². The molecule has 0 bridgehead atoms. The number of unbranched alkanes of at least 4 members (excludes halogenated alkanes) is 1. The maximum absolute atomic E-state index is 12.3. The number of ether oxygens (including phenoxy) is 2. The molecule has 3 aliphatic rings. The second-order valence-corrected chi connectivity index (χ2v) is 7.93. The summed E-state index contributed by atoms with van der Waals surface area (Å²) in [5, 5.41) is 3.46. The van der Waals surface area contributed by atoms with Crippen molar-refractivity contribution < 1.29 is 27.4 Å². The lowest BCUT2D eigenvalue weighted by atomic mass is 9.84. The van der Waals surface area contributed by atoms with E-state index in [-0.39, 0.29) is 24.3 Å². The molecule has 1 fully saturated rings. The van der Waals surface area contributed by atoms with Gasteiger partial charge >= 0.3 is 6.36 Å². The Balaban J connectivity index is 1.47. The number of carbonyl (C=O) groups excluding carboxylic acids is 1. The van der Waals surface area contributed by atoms with Crippen LogP contribution < -0.4 is 10.1 Å². The number of aliphatic imine (C=N–C) groups is 1.